The standard InChI is InChI=1S/C11H24O3/c1-4-11(12)10(2)6-5-7-14-9-8-13-3/h10-12H,4-9H2,1-3H3. The number of ether oxygens (including phenoxy) is 2. The molecule has 0 rings (SSSR count). The summed E-state index contributed by atoms with van der Waals surface area (Å²) in [5, 5.41) is 9.51. The molecule has 2 atom stereocenters. The van der Waals surface area contributed by atoms with Crippen LogP contribution in [0.4, 0.5) is 0 Å². The van der Waals surface area contributed by atoms with Gasteiger partial charge in [-0.05, 0) is 25.2 Å². The number of rotatable bonds is 9. The molecule has 86 valence electrons. The van der Waals surface area contributed by atoms with Gasteiger partial charge in [-0.15, -0.1) is 0 Å². The predicted octanol–water partition coefficient (Wildman–Crippen LogP) is 1.84. The largest absolute Gasteiger partial charge is 0.393 e. The van der Waals surface area contributed by atoms with Crippen molar-refractivity contribution >= 4 is 0 Å². The minimum absolute atomic E-state index is 0.158. The molecule has 0 aliphatic carbocycles. The first-order valence-electron chi connectivity index (χ1n) is 5.47. The zero-order valence-corrected chi connectivity index (χ0v) is 9.66. The lowest BCUT2D eigenvalue weighted by molar-refractivity contribution is 0.0600. The van der Waals surface area contributed by atoms with Crippen LogP contribution in [0.15, 0.2) is 0 Å². The lowest BCUT2D eigenvalue weighted by Crippen LogP contribution is -2.16. The van der Waals surface area contributed by atoms with Crippen molar-refractivity contribution in [3.05, 3.63) is 0 Å². The van der Waals surface area contributed by atoms with Gasteiger partial charge in [-0.2, -0.15) is 0 Å². The number of hydrogen-bond donors (Lipinski definition) is 1. The molecule has 0 aromatic rings. The maximum atomic E-state index is 9.51. The molecule has 0 radical (unpaired) electrons. The third-order valence-corrected chi connectivity index (χ3v) is 2.46. The van der Waals surface area contributed by atoms with Crippen LogP contribution in [-0.2, 0) is 9.47 Å². The Labute approximate surface area is 87.4 Å². The van der Waals surface area contributed by atoms with Crippen LogP contribution < -0.4 is 0 Å². The van der Waals surface area contributed by atoms with E-state index in [1.54, 1.807) is 7.11 Å². The Morgan fingerprint density at radius 2 is 1.93 bits per heavy atom. The second kappa shape index (κ2) is 9.44. The molecule has 2 unspecified atom stereocenters. The van der Waals surface area contributed by atoms with Crippen LogP contribution in [0.5, 0.6) is 0 Å². The van der Waals surface area contributed by atoms with E-state index in [9.17, 15) is 5.11 Å². The highest BCUT2D eigenvalue weighted by Crippen LogP contribution is 2.12. The van der Waals surface area contributed by atoms with Gasteiger partial charge in [0.15, 0.2) is 0 Å². The molecule has 1 N–H and O–H groups in total. The SMILES string of the molecule is CCC(O)C(C)CCCOCCOC. The molecule has 3 heteroatoms. The first-order valence-corrected chi connectivity index (χ1v) is 5.47. The monoisotopic (exact) mass is 204 g/mol. The lowest BCUT2D eigenvalue weighted by Gasteiger charge is -2.16. The molecule has 0 bridgehead atoms. The van der Waals surface area contributed by atoms with Gasteiger partial charge in [0.1, 0.15) is 0 Å². The number of aliphatic hydroxyl groups is 1. The average molecular weight is 204 g/mol. The van der Waals surface area contributed by atoms with Crippen molar-refractivity contribution in [1.29, 1.82) is 0 Å². The van der Waals surface area contributed by atoms with Crippen LogP contribution in [0, 0.1) is 5.92 Å². The summed E-state index contributed by atoms with van der Waals surface area (Å²) in [6.45, 7) is 6.19. The number of hydrogen-bond acceptors (Lipinski definition) is 3. The van der Waals surface area contributed by atoms with Crippen molar-refractivity contribution in [3.8, 4) is 0 Å². The summed E-state index contributed by atoms with van der Waals surface area (Å²) >= 11 is 0. The molecule has 0 aromatic heterocycles. The second-order valence-electron chi connectivity index (χ2n) is 3.70. The van der Waals surface area contributed by atoms with Crippen molar-refractivity contribution in [2.24, 2.45) is 5.92 Å². The number of aliphatic hydroxyl groups excluding tert-OH is 1. The van der Waals surface area contributed by atoms with Gasteiger partial charge in [-0.3, -0.25) is 0 Å². The highest BCUT2D eigenvalue weighted by atomic mass is 16.5. The maximum Gasteiger partial charge on any atom is 0.0700 e. The Kier molecular flexibility index (Phi) is 9.35. The van der Waals surface area contributed by atoms with E-state index in [0.29, 0.717) is 19.1 Å². The van der Waals surface area contributed by atoms with Crippen molar-refractivity contribution in [2.45, 2.75) is 39.2 Å². The summed E-state index contributed by atoms with van der Waals surface area (Å²) in [4.78, 5) is 0. The first-order chi connectivity index (χ1) is 6.72. The van der Waals surface area contributed by atoms with E-state index in [-0.39, 0.29) is 6.10 Å². The van der Waals surface area contributed by atoms with Crippen molar-refractivity contribution in [2.75, 3.05) is 26.9 Å². The van der Waals surface area contributed by atoms with Gasteiger partial charge < -0.3 is 14.6 Å². The summed E-state index contributed by atoms with van der Waals surface area (Å²) in [7, 11) is 1.67. The predicted molar refractivity (Wildman–Crippen MR) is 57.4 cm³/mol. The molecule has 0 fully saturated rings. The van der Waals surface area contributed by atoms with Gasteiger partial charge in [0.05, 0.1) is 19.3 Å². The zero-order valence-electron chi connectivity index (χ0n) is 9.66. The molecule has 0 saturated carbocycles. The molecule has 0 amide bonds. The normalized spacial score (nSPS) is 15.4. The van der Waals surface area contributed by atoms with E-state index in [2.05, 4.69) is 6.92 Å². The van der Waals surface area contributed by atoms with E-state index in [0.717, 1.165) is 25.9 Å². The summed E-state index contributed by atoms with van der Waals surface area (Å²) in [5.74, 6) is 0.381. The van der Waals surface area contributed by atoms with E-state index >= 15 is 0 Å². The first kappa shape index (κ1) is 13.9. The molecule has 0 saturated heterocycles. The third kappa shape index (κ3) is 7.30. The van der Waals surface area contributed by atoms with Crippen molar-refractivity contribution in [1.82, 2.24) is 0 Å². The summed E-state index contributed by atoms with van der Waals surface area (Å²) in [6, 6.07) is 0. The minimum atomic E-state index is -0.158. The van der Waals surface area contributed by atoms with E-state index < -0.39 is 0 Å². The van der Waals surface area contributed by atoms with Gasteiger partial charge in [0, 0.05) is 13.7 Å². The van der Waals surface area contributed by atoms with Gasteiger partial charge in [0.25, 0.3) is 0 Å². The van der Waals surface area contributed by atoms with E-state index in [4.69, 9.17) is 9.47 Å². The van der Waals surface area contributed by atoms with Gasteiger partial charge in [0.2, 0.25) is 0 Å². The van der Waals surface area contributed by atoms with Gasteiger partial charge >= 0.3 is 0 Å². The summed E-state index contributed by atoms with van der Waals surface area (Å²) in [5.41, 5.74) is 0. The highest BCUT2D eigenvalue weighted by Gasteiger charge is 2.10. The molecular formula is C11H24O3. The molecule has 0 spiro atoms. The van der Waals surface area contributed by atoms with Crippen molar-refractivity contribution in [3.63, 3.8) is 0 Å². The summed E-state index contributed by atoms with van der Waals surface area (Å²) < 4.78 is 10.2. The Hall–Kier alpha value is -0.120. The van der Waals surface area contributed by atoms with Crippen molar-refractivity contribution < 1.29 is 14.6 Å². The fourth-order valence-electron chi connectivity index (χ4n) is 1.35. The molecule has 0 aromatic carbocycles. The van der Waals surface area contributed by atoms with Crippen LogP contribution in [0.3, 0.4) is 0 Å². The molecule has 14 heavy (non-hydrogen) atoms. The molecule has 3 nitrogen and oxygen atoms in total. The number of methoxy groups -OCH3 is 1. The summed E-state index contributed by atoms with van der Waals surface area (Å²) in [6.07, 6.45) is 2.73. The van der Waals surface area contributed by atoms with Crippen LogP contribution >= 0.6 is 0 Å². The van der Waals surface area contributed by atoms with Crippen LogP contribution in [0.2, 0.25) is 0 Å². The van der Waals surface area contributed by atoms with E-state index in [1.807, 2.05) is 6.92 Å². The van der Waals surface area contributed by atoms with Crippen LogP contribution in [-0.4, -0.2) is 38.1 Å². The molecule has 0 aliphatic heterocycles. The molecule has 0 aliphatic rings. The third-order valence-electron chi connectivity index (χ3n) is 2.46. The quantitative estimate of drug-likeness (QED) is 0.582. The zero-order chi connectivity index (χ0) is 10.8. The van der Waals surface area contributed by atoms with E-state index in [1.165, 1.54) is 0 Å². The lowest BCUT2D eigenvalue weighted by atomic mass is 9.97. The minimum Gasteiger partial charge on any atom is -0.393 e. The highest BCUT2D eigenvalue weighted by molar-refractivity contribution is 4.62. The van der Waals surface area contributed by atoms with Gasteiger partial charge in [-0.1, -0.05) is 13.8 Å². The topological polar surface area (TPSA) is 38.7 Å². The van der Waals surface area contributed by atoms with Gasteiger partial charge in [-0.25, -0.2) is 0 Å². The smallest absolute Gasteiger partial charge is 0.0700 e. The second-order valence-corrected chi connectivity index (χ2v) is 3.70. The fraction of sp³-hybridized carbons (Fsp3) is 1.00. The van der Waals surface area contributed by atoms with Crippen LogP contribution in [0.25, 0.3) is 0 Å². The molecular weight excluding hydrogens is 180 g/mol. The molecule has 0 heterocycles. The average Bonchev–Trinajstić information content (AvgIpc) is 2.21. The Morgan fingerprint density at radius 3 is 2.50 bits per heavy atom. The maximum absolute atomic E-state index is 9.51. The van der Waals surface area contributed by atoms with Crippen LogP contribution in [0.1, 0.15) is 33.1 Å². The Balaban J connectivity index is 3.18. The fourth-order valence-corrected chi connectivity index (χ4v) is 1.35. The Bertz CT molecular complexity index is 117. The Morgan fingerprint density at radius 1 is 1.21 bits per heavy atom.